The van der Waals surface area contributed by atoms with Gasteiger partial charge in [-0.15, -0.1) is 0 Å². The average molecular weight is 361 g/mol. The predicted molar refractivity (Wildman–Crippen MR) is 110 cm³/mol. The minimum atomic E-state index is 0.207. The maximum absolute atomic E-state index is 10.4. The van der Waals surface area contributed by atoms with Crippen LogP contribution < -0.4 is 0 Å². The third kappa shape index (κ3) is 3.52. The Morgan fingerprint density at radius 2 is 1.85 bits per heavy atom. The zero-order chi connectivity index (χ0) is 18.8. The second kappa shape index (κ2) is 7.61. The fourth-order valence-electron chi connectivity index (χ4n) is 4.35. The number of nitrogens with zero attached hydrogens (tertiary/aromatic N) is 2. The smallest absolute Gasteiger partial charge is 0.120 e. The van der Waals surface area contributed by atoms with E-state index in [1.165, 1.54) is 22.4 Å². The van der Waals surface area contributed by atoms with Crippen LogP contribution in [0.2, 0.25) is 0 Å². The minimum Gasteiger partial charge on any atom is -0.508 e. The molecule has 1 N–H and O–H groups in total. The van der Waals surface area contributed by atoms with Crippen molar-refractivity contribution < 1.29 is 5.11 Å². The SMILES string of the molecule is CCc1ccccc1C1c2cccn2CCCN1Cc1cc(C)ccc1O. The highest BCUT2D eigenvalue weighted by Crippen LogP contribution is 2.36. The van der Waals surface area contributed by atoms with Crippen molar-refractivity contribution in [2.45, 2.75) is 45.8 Å². The second-order valence-electron chi connectivity index (χ2n) is 7.54. The molecule has 0 amide bonds. The molecule has 1 aliphatic rings. The summed E-state index contributed by atoms with van der Waals surface area (Å²) in [5.41, 5.74) is 6.32. The van der Waals surface area contributed by atoms with Gasteiger partial charge in [-0.3, -0.25) is 4.90 Å². The fraction of sp³-hybridized carbons (Fsp3) is 0.333. The van der Waals surface area contributed by atoms with E-state index >= 15 is 0 Å². The van der Waals surface area contributed by atoms with Crippen LogP contribution in [0.5, 0.6) is 5.75 Å². The first-order chi connectivity index (χ1) is 13.2. The molecule has 0 radical (unpaired) electrons. The third-order valence-corrected chi connectivity index (χ3v) is 5.69. The number of phenols is 1. The number of aromatic nitrogens is 1. The van der Waals surface area contributed by atoms with E-state index in [1.807, 2.05) is 12.1 Å². The summed E-state index contributed by atoms with van der Waals surface area (Å²) in [6.45, 7) is 7.12. The molecule has 1 unspecified atom stereocenters. The van der Waals surface area contributed by atoms with Gasteiger partial charge in [0.2, 0.25) is 0 Å². The first-order valence-corrected chi connectivity index (χ1v) is 9.92. The topological polar surface area (TPSA) is 28.4 Å². The van der Waals surface area contributed by atoms with Crippen molar-refractivity contribution in [3.8, 4) is 5.75 Å². The first-order valence-electron chi connectivity index (χ1n) is 9.92. The highest BCUT2D eigenvalue weighted by atomic mass is 16.3. The lowest BCUT2D eigenvalue weighted by atomic mass is 9.94. The number of benzene rings is 2. The summed E-state index contributed by atoms with van der Waals surface area (Å²) in [6, 6.07) is 19.3. The molecule has 0 saturated carbocycles. The van der Waals surface area contributed by atoms with Gasteiger partial charge in [-0.1, -0.05) is 48.9 Å². The van der Waals surface area contributed by atoms with Gasteiger partial charge in [0.1, 0.15) is 5.75 Å². The molecule has 3 nitrogen and oxygen atoms in total. The molecule has 2 aromatic carbocycles. The van der Waals surface area contributed by atoms with Gasteiger partial charge in [0.15, 0.2) is 0 Å². The molecule has 27 heavy (non-hydrogen) atoms. The second-order valence-corrected chi connectivity index (χ2v) is 7.54. The van der Waals surface area contributed by atoms with Gasteiger partial charge in [0.25, 0.3) is 0 Å². The standard InChI is InChI=1S/C24H28N2O/c1-3-19-8-4-5-9-21(19)24-22-10-6-13-25(22)14-7-15-26(24)17-20-16-18(2)11-12-23(20)27/h4-6,8-13,16,24,27H,3,7,14-15,17H2,1-2H3. The zero-order valence-electron chi connectivity index (χ0n) is 16.2. The number of fused-ring (bicyclic) bond motifs is 1. The van der Waals surface area contributed by atoms with Crippen molar-refractivity contribution in [1.82, 2.24) is 9.47 Å². The molecule has 1 atom stereocenters. The van der Waals surface area contributed by atoms with Crippen molar-refractivity contribution in [2.24, 2.45) is 0 Å². The number of aromatic hydroxyl groups is 1. The quantitative estimate of drug-likeness (QED) is 0.704. The Morgan fingerprint density at radius 3 is 2.70 bits per heavy atom. The molecule has 0 fully saturated rings. The van der Waals surface area contributed by atoms with Crippen molar-refractivity contribution in [1.29, 1.82) is 0 Å². The van der Waals surface area contributed by atoms with E-state index in [9.17, 15) is 5.11 Å². The molecule has 2 heterocycles. The van der Waals surface area contributed by atoms with Crippen LogP contribution in [0.4, 0.5) is 0 Å². The van der Waals surface area contributed by atoms with E-state index < -0.39 is 0 Å². The number of phenolic OH excluding ortho intramolecular Hbond substituents is 1. The summed E-state index contributed by atoms with van der Waals surface area (Å²) in [6.07, 6.45) is 4.33. The Balaban J connectivity index is 1.80. The lowest BCUT2D eigenvalue weighted by Gasteiger charge is -2.32. The van der Waals surface area contributed by atoms with Gasteiger partial charge in [0.05, 0.1) is 6.04 Å². The molecule has 0 aliphatic carbocycles. The molecule has 1 aromatic heterocycles. The maximum Gasteiger partial charge on any atom is 0.120 e. The van der Waals surface area contributed by atoms with Crippen LogP contribution in [-0.4, -0.2) is 21.1 Å². The van der Waals surface area contributed by atoms with Crippen LogP contribution in [0.3, 0.4) is 0 Å². The molecule has 4 rings (SSSR count). The van der Waals surface area contributed by atoms with Gasteiger partial charge in [-0.2, -0.15) is 0 Å². The Kier molecular flexibility index (Phi) is 5.04. The Labute approximate surface area is 161 Å². The van der Waals surface area contributed by atoms with E-state index in [0.29, 0.717) is 5.75 Å². The highest BCUT2D eigenvalue weighted by Gasteiger charge is 2.29. The summed E-state index contributed by atoms with van der Waals surface area (Å²) < 4.78 is 2.40. The Bertz CT molecular complexity index is 928. The van der Waals surface area contributed by atoms with Crippen molar-refractivity contribution in [3.05, 3.63) is 88.7 Å². The number of aryl methyl sites for hydroxylation is 3. The van der Waals surface area contributed by atoms with Crippen LogP contribution in [-0.2, 0) is 19.5 Å². The van der Waals surface area contributed by atoms with Crippen LogP contribution in [0.1, 0.15) is 47.3 Å². The largest absolute Gasteiger partial charge is 0.508 e. The number of rotatable bonds is 4. The molecule has 1 aliphatic heterocycles. The molecule has 3 aromatic rings. The summed E-state index contributed by atoms with van der Waals surface area (Å²) in [5, 5.41) is 10.4. The van der Waals surface area contributed by atoms with Crippen molar-refractivity contribution in [3.63, 3.8) is 0 Å². The maximum atomic E-state index is 10.4. The summed E-state index contributed by atoms with van der Waals surface area (Å²) >= 11 is 0. The third-order valence-electron chi connectivity index (χ3n) is 5.69. The summed E-state index contributed by atoms with van der Waals surface area (Å²) in [7, 11) is 0. The molecule has 0 saturated heterocycles. The van der Waals surface area contributed by atoms with Crippen molar-refractivity contribution in [2.75, 3.05) is 6.54 Å². The fourth-order valence-corrected chi connectivity index (χ4v) is 4.35. The average Bonchev–Trinajstić information content (AvgIpc) is 3.06. The van der Waals surface area contributed by atoms with Crippen molar-refractivity contribution >= 4 is 0 Å². The highest BCUT2D eigenvalue weighted by molar-refractivity contribution is 5.39. The monoisotopic (exact) mass is 360 g/mol. The lowest BCUT2D eigenvalue weighted by molar-refractivity contribution is 0.217. The van der Waals surface area contributed by atoms with Crippen LogP contribution in [0.25, 0.3) is 0 Å². The van der Waals surface area contributed by atoms with Gasteiger partial charge in [-0.05, 0) is 49.1 Å². The van der Waals surface area contributed by atoms with Crippen LogP contribution in [0, 0.1) is 6.92 Å². The van der Waals surface area contributed by atoms with E-state index in [0.717, 1.165) is 38.0 Å². The molecule has 140 valence electrons. The first kappa shape index (κ1) is 17.9. The van der Waals surface area contributed by atoms with Gasteiger partial charge in [-0.25, -0.2) is 0 Å². The zero-order valence-corrected chi connectivity index (χ0v) is 16.2. The molecule has 0 spiro atoms. The predicted octanol–water partition coefficient (Wildman–Crippen LogP) is 5.06. The Hall–Kier alpha value is -2.52. The minimum absolute atomic E-state index is 0.207. The molecular weight excluding hydrogens is 332 g/mol. The normalized spacial score (nSPS) is 17.5. The van der Waals surface area contributed by atoms with E-state index in [4.69, 9.17) is 0 Å². The van der Waals surface area contributed by atoms with E-state index in [2.05, 4.69) is 72.0 Å². The molecule has 3 heteroatoms. The molecule has 0 bridgehead atoms. The summed E-state index contributed by atoms with van der Waals surface area (Å²) in [4.78, 5) is 2.53. The molecular formula is C24H28N2O. The van der Waals surface area contributed by atoms with Crippen LogP contribution in [0.15, 0.2) is 60.8 Å². The number of hydrogen-bond acceptors (Lipinski definition) is 2. The van der Waals surface area contributed by atoms with Crippen LogP contribution >= 0.6 is 0 Å². The summed E-state index contributed by atoms with van der Waals surface area (Å²) in [5.74, 6) is 0.391. The van der Waals surface area contributed by atoms with Gasteiger partial charge >= 0.3 is 0 Å². The van der Waals surface area contributed by atoms with Gasteiger partial charge < -0.3 is 9.67 Å². The number of hydrogen-bond donors (Lipinski definition) is 1. The van der Waals surface area contributed by atoms with E-state index in [-0.39, 0.29) is 6.04 Å². The van der Waals surface area contributed by atoms with E-state index in [1.54, 1.807) is 0 Å². The Morgan fingerprint density at radius 1 is 1.00 bits per heavy atom. The van der Waals surface area contributed by atoms with Gasteiger partial charge in [0, 0.05) is 37.1 Å². The lowest BCUT2D eigenvalue weighted by Crippen LogP contribution is -2.30.